The number of aryl methyl sites for hydroxylation is 1. The van der Waals surface area contributed by atoms with Gasteiger partial charge in [-0.15, -0.1) is 0 Å². The maximum absolute atomic E-state index is 13.0. The van der Waals surface area contributed by atoms with Crippen molar-refractivity contribution in [3.8, 4) is 5.75 Å². The largest absolute Gasteiger partial charge is 0.488 e. The molecule has 0 spiro atoms. The number of benzene rings is 1. The molecule has 0 amide bonds. The summed E-state index contributed by atoms with van der Waals surface area (Å²) in [4.78, 5) is 0. The van der Waals surface area contributed by atoms with Crippen molar-refractivity contribution >= 4 is 33.1 Å². The van der Waals surface area contributed by atoms with Gasteiger partial charge in [0.25, 0.3) is 0 Å². The van der Waals surface area contributed by atoms with Gasteiger partial charge >= 0.3 is 10.5 Å². The van der Waals surface area contributed by atoms with Gasteiger partial charge in [-0.05, 0) is 47.2 Å². The Kier molecular flexibility index (Phi) is 3.30. The molecule has 0 aliphatic rings. The fourth-order valence-corrected chi connectivity index (χ4v) is 1.58. The SMILES string of the molecule is Cc1cc(F)c(OS(=O)(=O)F)cc1I. The van der Waals surface area contributed by atoms with Crippen molar-refractivity contribution in [3.05, 3.63) is 27.1 Å². The Balaban J connectivity index is 3.17. The fourth-order valence-electron chi connectivity index (χ4n) is 0.799. The molecule has 0 heterocycles. The molecule has 0 aromatic heterocycles. The van der Waals surface area contributed by atoms with Crippen molar-refractivity contribution in [3.63, 3.8) is 0 Å². The van der Waals surface area contributed by atoms with Gasteiger partial charge in [0.2, 0.25) is 0 Å². The summed E-state index contributed by atoms with van der Waals surface area (Å²) in [5.74, 6) is -1.55. The van der Waals surface area contributed by atoms with E-state index in [-0.39, 0.29) is 0 Å². The third kappa shape index (κ3) is 3.05. The van der Waals surface area contributed by atoms with Gasteiger partial charge in [-0.1, -0.05) is 3.89 Å². The quantitative estimate of drug-likeness (QED) is 0.616. The Morgan fingerprint density at radius 3 is 2.50 bits per heavy atom. The Morgan fingerprint density at radius 2 is 2.00 bits per heavy atom. The summed E-state index contributed by atoms with van der Waals surface area (Å²) in [6.07, 6.45) is 0. The molecule has 1 rings (SSSR count). The molecule has 0 saturated heterocycles. The van der Waals surface area contributed by atoms with Crippen LogP contribution in [-0.2, 0) is 10.5 Å². The van der Waals surface area contributed by atoms with Crippen molar-refractivity contribution in [1.29, 1.82) is 0 Å². The van der Waals surface area contributed by atoms with Crippen molar-refractivity contribution in [2.45, 2.75) is 6.92 Å². The van der Waals surface area contributed by atoms with Crippen LogP contribution in [0.2, 0.25) is 0 Å². The van der Waals surface area contributed by atoms with Crippen molar-refractivity contribution in [1.82, 2.24) is 0 Å². The van der Waals surface area contributed by atoms with Crippen molar-refractivity contribution in [2.75, 3.05) is 0 Å². The molecule has 0 atom stereocenters. The zero-order chi connectivity index (χ0) is 10.9. The first-order chi connectivity index (χ1) is 6.29. The molecule has 0 fully saturated rings. The average molecular weight is 334 g/mol. The summed E-state index contributed by atoms with van der Waals surface area (Å²) in [6.45, 7) is 1.64. The standard InChI is InChI=1S/C7H5F2IO3S/c1-4-2-5(8)7(3-6(4)10)13-14(9,11)12/h2-3H,1H3. The first-order valence-corrected chi connectivity index (χ1v) is 5.78. The highest BCUT2D eigenvalue weighted by atomic mass is 127. The second-order valence-electron chi connectivity index (χ2n) is 2.51. The lowest BCUT2D eigenvalue weighted by Crippen LogP contribution is -2.03. The topological polar surface area (TPSA) is 43.4 Å². The second-order valence-corrected chi connectivity index (χ2v) is 4.62. The van der Waals surface area contributed by atoms with Crippen LogP contribution in [0, 0.1) is 16.3 Å². The van der Waals surface area contributed by atoms with Crippen molar-refractivity contribution < 1.29 is 20.9 Å². The minimum Gasteiger partial charge on any atom is -0.355 e. The molecule has 0 aliphatic heterocycles. The first kappa shape index (κ1) is 11.6. The molecule has 78 valence electrons. The van der Waals surface area contributed by atoms with Gasteiger partial charge < -0.3 is 4.18 Å². The molecule has 1 aromatic rings. The lowest BCUT2D eigenvalue weighted by Gasteiger charge is -2.04. The molecule has 0 radical (unpaired) electrons. The normalized spacial score (nSPS) is 11.4. The Bertz CT molecular complexity index is 458. The molecule has 0 N–H and O–H groups in total. The molecule has 0 aliphatic carbocycles. The predicted octanol–water partition coefficient (Wildman–Crippen LogP) is 2.33. The molecular weight excluding hydrogens is 329 g/mol. The molecule has 7 heteroatoms. The van der Waals surface area contributed by atoms with Crippen molar-refractivity contribution in [2.24, 2.45) is 0 Å². The van der Waals surface area contributed by atoms with Gasteiger partial charge in [-0.2, -0.15) is 8.42 Å². The maximum Gasteiger partial charge on any atom is 0.488 e. The van der Waals surface area contributed by atoms with Crippen LogP contribution in [0.25, 0.3) is 0 Å². The molecule has 1 aromatic carbocycles. The van der Waals surface area contributed by atoms with Gasteiger partial charge in [0, 0.05) is 3.57 Å². The van der Waals surface area contributed by atoms with Gasteiger partial charge in [0.15, 0.2) is 11.6 Å². The Morgan fingerprint density at radius 1 is 1.43 bits per heavy atom. The minimum atomic E-state index is -5.17. The van der Waals surface area contributed by atoms with Gasteiger partial charge in [0.05, 0.1) is 0 Å². The van der Waals surface area contributed by atoms with Gasteiger partial charge in [-0.3, -0.25) is 0 Å². The number of hydrogen-bond donors (Lipinski definition) is 0. The van der Waals surface area contributed by atoms with Crippen LogP contribution in [0.5, 0.6) is 5.75 Å². The highest BCUT2D eigenvalue weighted by Crippen LogP contribution is 2.24. The van der Waals surface area contributed by atoms with Crippen LogP contribution in [0.4, 0.5) is 8.28 Å². The van der Waals surface area contributed by atoms with Crippen LogP contribution in [0.1, 0.15) is 5.56 Å². The van der Waals surface area contributed by atoms with Crippen LogP contribution in [0.3, 0.4) is 0 Å². The molecule has 3 nitrogen and oxygen atoms in total. The zero-order valence-corrected chi connectivity index (χ0v) is 9.90. The smallest absolute Gasteiger partial charge is 0.355 e. The van der Waals surface area contributed by atoms with E-state index in [0.29, 0.717) is 9.13 Å². The molecular formula is C7H5F2IO3S. The summed E-state index contributed by atoms with van der Waals surface area (Å²) < 4.78 is 49.6. The first-order valence-electron chi connectivity index (χ1n) is 3.39. The summed E-state index contributed by atoms with van der Waals surface area (Å²) in [5.41, 5.74) is 0.617. The Hall–Kier alpha value is -0.440. The van der Waals surface area contributed by atoms with Crippen LogP contribution >= 0.6 is 22.6 Å². The van der Waals surface area contributed by atoms with E-state index in [1.165, 1.54) is 0 Å². The fraction of sp³-hybridized carbons (Fsp3) is 0.143. The van der Waals surface area contributed by atoms with E-state index in [1.54, 1.807) is 6.92 Å². The third-order valence-corrected chi connectivity index (χ3v) is 2.94. The third-order valence-electron chi connectivity index (χ3n) is 1.40. The summed E-state index contributed by atoms with van der Waals surface area (Å²) in [5, 5.41) is 0. The van der Waals surface area contributed by atoms with E-state index in [2.05, 4.69) is 4.18 Å². The highest BCUT2D eigenvalue weighted by Gasteiger charge is 2.15. The molecule has 0 bridgehead atoms. The molecule has 14 heavy (non-hydrogen) atoms. The second kappa shape index (κ2) is 3.97. The lowest BCUT2D eigenvalue weighted by atomic mass is 10.2. The van der Waals surface area contributed by atoms with Crippen LogP contribution < -0.4 is 4.18 Å². The number of halogens is 3. The van der Waals surface area contributed by atoms with E-state index in [9.17, 15) is 16.7 Å². The van der Waals surface area contributed by atoms with E-state index >= 15 is 0 Å². The molecule has 0 saturated carbocycles. The van der Waals surface area contributed by atoms with Gasteiger partial charge in [0.1, 0.15) is 0 Å². The number of rotatable bonds is 2. The van der Waals surface area contributed by atoms with Crippen LogP contribution in [-0.4, -0.2) is 8.42 Å². The highest BCUT2D eigenvalue weighted by molar-refractivity contribution is 14.1. The summed E-state index contributed by atoms with van der Waals surface area (Å²) in [6, 6.07) is 2.19. The zero-order valence-electron chi connectivity index (χ0n) is 6.92. The van der Waals surface area contributed by atoms with E-state index in [4.69, 9.17) is 0 Å². The minimum absolute atomic E-state index is 0.586. The molecule has 0 unspecified atom stereocenters. The maximum atomic E-state index is 13.0. The predicted molar refractivity (Wildman–Crippen MR) is 54.5 cm³/mol. The monoisotopic (exact) mass is 334 g/mol. The lowest BCUT2D eigenvalue weighted by molar-refractivity contribution is 0.423. The van der Waals surface area contributed by atoms with Crippen LogP contribution in [0.15, 0.2) is 12.1 Å². The van der Waals surface area contributed by atoms with E-state index < -0.39 is 22.1 Å². The summed E-state index contributed by atoms with van der Waals surface area (Å²) >= 11 is 1.85. The van der Waals surface area contributed by atoms with E-state index in [1.807, 2.05) is 22.6 Å². The summed E-state index contributed by atoms with van der Waals surface area (Å²) in [7, 11) is -5.17. The average Bonchev–Trinajstić information content (AvgIpc) is 1.97. The number of hydrogen-bond acceptors (Lipinski definition) is 3. The van der Waals surface area contributed by atoms with E-state index in [0.717, 1.165) is 12.1 Å². The van der Waals surface area contributed by atoms with Gasteiger partial charge in [-0.25, -0.2) is 4.39 Å². The Labute approximate surface area is 93.6 Å².